The van der Waals surface area contributed by atoms with Crippen molar-refractivity contribution in [1.82, 2.24) is 5.32 Å². The van der Waals surface area contributed by atoms with Crippen LogP contribution in [0.1, 0.15) is 45.4 Å². The zero-order valence-electron chi connectivity index (χ0n) is 11.0. The summed E-state index contributed by atoms with van der Waals surface area (Å²) < 4.78 is 0. The summed E-state index contributed by atoms with van der Waals surface area (Å²) in [6, 6.07) is 0.765. The van der Waals surface area contributed by atoms with Crippen LogP contribution in [0.3, 0.4) is 0 Å². The largest absolute Gasteiger partial charge is 0.310 e. The second-order valence-electron chi connectivity index (χ2n) is 6.77. The number of hydrogen-bond acceptors (Lipinski definition) is 1. The third kappa shape index (κ3) is 1.47. The predicted octanol–water partition coefficient (Wildman–Crippen LogP) is 3.37. The molecular weight excluding hydrogens is 206 g/mol. The summed E-state index contributed by atoms with van der Waals surface area (Å²) in [5, 5.41) is 3.82. The summed E-state index contributed by atoms with van der Waals surface area (Å²) in [4.78, 5) is 0. The highest BCUT2D eigenvalue weighted by Gasteiger charge is 2.66. The Morgan fingerprint density at radius 2 is 2.06 bits per heavy atom. The summed E-state index contributed by atoms with van der Waals surface area (Å²) in [5.74, 6) is 5.53. The summed E-state index contributed by atoms with van der Waals surface area (Å²) in [7, 11) is 0. The molecular formula is C16H25N. The first-order valence-corrected chi connectivity index (χ1v) is 7.82. The maximum atomic E-state index is 3.82. The molecule has 0 saturated heterocycles. The fourth-order valence-corrected chi connectivity index (χ4v) is 5.55. The van der Waals surface area contributed by atoms with Crippen molar-refractivity contribution >= 4 is 0 Å². The molecule has 4 aliphatic carbocycles. The second-order valence-corrected chi connectivity index (χ2v) is 6.77. The van der Waals surface area contributed by atoms with E-state index in [1.165, 1.54) is 19.3 Å². The van der Waals surface area contributed by atoms with Crippen LogP contribution >= 0.6 is 0 Å². The second kappa shape index (κ2) is 3.85. The molecule has 0 heterocycles. The molecule has 1 nitrogen and oxygen atoms in total. The summed E-state index contributed by atoms with van der Waals surface area (Å²) in [5.41, 5.74) is 1.77. The minimum Gasteiger partial charge on any atom is -0.310 e. The molecule has 0 aromatic heterocycles. The number of likely N-dealkylation sites (N-methyl/N-ethyl adjacent to an activating group) is 1. The predicted molar refractivity (Wildman–Crippen MR) is 70.7 cm³/mol. The third-order valence-electron chi connectivity index (χ3n) is 6.08. The number of fused-ring (bicyclic) bond motifs is 5. The van der Waals surface area contributed by atoms with Crippen molar-refractivity contribution in [3.05, 3.63) is 11.6 Å². The average Bonchev–Trinajstić information content (AvgIpc) is 2.82. The van der Waals surface area contributed by atoms with Gasteiger partial charge in [-0.25, -0.2) is 0 Å². The van der Waals surface area contributed by atoms with Crippen molar-refractivity contribution in [2.24, 2.45) is 29.6 Å². The Morgan fingerprint density at radius 1 is 1.29 bits per heavy atom. The normalized spacial score (nSPS) is 48.1. The molecule has 1 N–H and O–H groups in total. The topological polar surface area (TPSA) is 12.0 Å². The Morgan fingerprint density at radius 3 is 2.65 bits per heavy atom. The van der Waals surface area contributed by atoms with Crippen LogP contribution in [0.4, 0.5) is 0 Å². The maximum Gasteiger partial charge on any atom is 0.0313 e. The number of allylic oxidation sites excluding steroid dienone is 1. The van der Waals surface area contributed by atoms with Gasteiger partial charge in [0.15, 0.2) is 0 Å². The van der Waals surface area contributed by atoms with E-state index in [2.05, 4.69) is 18.3 Å². The molecule has 0 amide bonds. The monoisotopic (exact) mass is 231 g/mol. The van der Waals surface area contributed by atoms with Crippen LogP contribution in [-0.4, -0.2) is 12.6 Å². The van der Waals surface area contributed by atoms with E-state index >= 15 is 0 Å². The Hall–Kier alpha value is -0.300. The van der Waals surface area contributed by atoms with E-state index in [0.717, 1.165) is 42.2 Å². The first kappa shape index (κ1) is 10.6. The van der Waals surface area contributed by atoms with Gasteiger partial charge < -0.3 is 5.32 Å². The molecule has 94 valence electrons. The van der Waals surface area contributed by atoms with Crippen molar-refractivity contribution in [2.75, 3.05) is 6.54 Å². The molecule has 2 bridgehead atoms. The highest BCUT2D eigenvalue weighted by atomic mass is 14.9. The molecule has 0 aromatic rings. The smallest absolute Gasteiger partial charge is 0.0313 e. The first-order chi connectivity index (χ1) is 8.40. The van der Waals surface area contributed by atoms with Crippen molar-refractivity contribution in [3.63, 3.8) is 0 Å². The van der Waals surface area contributed by atoms with Gasteiger partial charge in [0.2, 0.25) is 0 Å². The highest BCUT2D eigenvalue weighted by molar-refractivity contribution is 5.25. The quantitative estimate of drug-likeness (QED) is 0.732. The fraction of sp³-hybridized carbons (Fsp3) is 0.875. The lowest BCUT2D eigenvalue weighted by molar-refractivity contribution is 0.393. The van der Waals surface area contributed by atoms with Crippen molar-refractivity contribution in [3.8, 4) is 0 Å². The van der Waals surface area contributed by atoms with Gasteiger partial charge in [0.05, 0.1) is 0 Å². The van der Waals surface area contributed by atoms with Gasteiger partial charge in [-0.3, -0.25) is 0 Å². The van der Waals surface area contributed by atoms with Crippen LogP contribution in [0, 0.1) is 29.6 Å². The average molecular weight is 231 g/mol. The van der Waals surface area contributed by atoms with Gasteiger partial charge in [-0.1, -0.05) is 18.6 Å². The molecule has 0 spiro atoms. The van der Waals surface area contributed by atoms with Crippen molar-refractivity contribution in [2.45, 2.75) is 51.5 Å². The number of nitrogens with one attached hydrogen (secondary N) is 1. The molecule has 0 aromatic carbocycles. The van der Waals surface area contributed by atoms with Crippen LogP contribution in [0.5, 0.6) is 0 Å². The van der Waals surface area contributed by atoms with Crippen LogP contribution in [0.2, 0.25) is 0 Å². The Balaban J connectivity index is 1.53. The highest BCUT2D eigenvalue weighted by Crippen LogP contribution is 2.70. The number of hydrogen-bond donors (Lipinski definition) is 1. The van der Waals surface area contributed by atoms with Crippen molar-refractivity contribution < 1.29 is 0 Å². The minimum atomic E-state index is 0.765. The maximum absolute atomic E-state index is 3.82. The molecule has 3 fully saturated rings. The lowest BCUT2D eigenvalue weighted by atomic mass is 9.92. The third-order valence-corrected chi connectivity index (χ3v) is 6.08. The Labute approximate surface area is 105 Å². The molecule has 1 heteroatoms. The van der Waals surface area contributed by atoms with Gasteiger partial charge in [0.25, 0.3) is 0 Å². The van der Waals surface area contributed by atoms with Gasteiger partial charge >= 0.3 is 0 Å². The molecule has 0 aliphatic heterocycles. The van der Waals surface area contributed by atoms with E-state index in [4.69, 9.17) is 0 Å². The zero-order valence-corrected chi connectivity index (χ0v) is 11.0. The molecule has 0 radical (unpaired) electrons. The van der Waals surface area contributed by atoms with Gasteiger partial charge in [0, 0.05) is 6.04 Å². The molecule has 4 aliphatic rings. The van der Waals surface area contributed by atoms with Gasteiger partial charge in [-0.15, -0.1) is 0 Å². The minimum absolute atomic E-state index is 0.765. The summed E-state index contributed by atoms with van der Waals surface area (Å²) >= 11 is 0. The molecule has 17 heavy (non-hydrogen) atoms. The van der Waals surface area contributed by atoms with Crippen LogP contribution < -0.4 is 5.32 Å². The van der Waals surface area contributed by atoms with Gasteiger partial charge in [-0.2, -0.15) is 0 Å². The van der Waals surface area contributed by atoms with E-state index in [0.29, 0.717) is 0 Å². The standard InChI is InChI=1S/C16H25N/c1-2-17-16(10-5-3-4-6-10)15-13-11-7-8-12(9-11)14(13)15/h5,11-17H,2-4,6-9H2,1H3. The van der Waals surface area contributed by atoms with E-state index in [9.17, 15) is 0 Å². The van der Waals surface area contributed by atoms with Crippen molar-refractivity contribution in [1.29, 1.82) is 0 Å². The molecule has 3 saturated carbocycles. The van der Waals surface area contributed by atoms with Gasteiger partial charge in [-0.05, 0) is 74.7 Å². The fourth-order valence-electron chi connectivity index (χ4n) is 5.55. The first-order valence-electron chi connectivity index (χ1n) is 7.82. The Bertz CT molecular complexity index is 329. The summed E-state index contributed by atoms with van der Waals surface area (Å²) in [6.45, 7) is 3.42. The lowest BCUT2D eigenvalue weighted by Crippen LogP contribution is -2.34. The van der Waals surface area contributed by atoms with Crippen LogP contribution in [0.15, 0.2) is 11.6 Å². The Kier molecular flexibility index (Phi) is 2.40. The van der Waals surface area contributed by atoms with Gasteiger partial charge in [0.1, 0.15) is 0 Å². The molecule has 4 rings (SSSR count). The van der Waals surface area contributed by atoms with E-state index < -0.39 is 0 Å². The van der Waals surface area contributed by atoms with E-state index in [-0.39, 0.29) is 0 Å². The van der Waals surface area contributed by atoms with Crippen LogP contribution in [0.25, 0.3) is 0 Å². The number of rotatable bonds is 4. The zero-order chi connectivity index (χ0) is 11.4. The summed E-state index contributed by atoms with van der Waals surface area (Å²) in [6.07, 6.45) is 11.4. The SMILES string of the molecule is CCNC(C1=CCCC1)C1C2C3CCC(C3)C21. The lowest BCUT2D eigenvalue weighted by Gasteiger charge is -2.23. The van der Waals surface area contributed by atoms with Crippen LogP contribution in [-0.2, 0) is 0 Å². The molecule has 5 unspecified atom stereocenters. The van der Waals surface area contributed by atoms with E-state index in [1.54, 1.807) is 24.8 Å². The molecule has 5 atom stereocenters. The van der Waals surface area contributed by atoms with E-state index in [1.807, 2.05) is 0 Å².